The Balaban J connectivity index is 2.96. The van der Waals surface area contributed by atoms with Gasteiger partial charge in [0.25, 0.3) is 0 Å². The Morgan fingerprint density at radius 1 is 1.53 bits per heavy atom. The van der Waals surface area contributed by atoms with E-state index in [-0.39, 0.29) is 12.1 Å². The van der Waals surface area contributed by atoms with Crippen LogP contribution in [-0.4, -0.2) is 29.1 Å². The van der Waals surface area contributed by atoms with Gasteiger partial charge in [-0.15, -0.1) is 0 Å². The predicted octanol–water partition coefficient (Wildman–Crippen LogP) is 2.47. The highest BCUT2D eigenvalue weighted by molar-refractivity contribution is 14.1. The Kier molecular flexibility index (Phi) is 4.81. The van der Waals surface area contributed by atoms with Gasteiger partial charge in [-0.05, 0) is 48.7 Å². The van der Waals surface area contributed by atoms with Gasteiger partial charge >= 0.3 is 5.97 Å². The molecule has 1 unspecified atom stereocenters. The van der Waals surface area contributed by atoms with E-state index in [1.165, 1.54) is 31.0 Å². The molecule has 0 fully saturated rings. The van der Waals surface area contributed by atoms with E-state index in [0.717, 1.165) is 0 Å². The van der Waals surface area contributed by atoms with Crippen molar-refractivity contribution in [3.63, 3.8) is 0 Å². The summed E-state index contributed by atoms with van der Waals surface area (Å²) < 4.78 is 27.4. The Labute approximate surface area is 112 Å². The van der Waals surface area contributed by atoms with E-state index < -0.39 is 23.6 Å². The van der Waals surface area contributed by atoms with E-state index in [1.807, 2.05) is 0 Å². The molecule has 94 valence electrons. The van der Waals surface area contributed by atoms with Crippen molar-refractivity contribution in [2.45, 2.75) is 19.5 Å². The van der Waals surface area contributed by atoms with Crippen LogP contribution in [0.25, 0.3) is 0 Å². The Morgan fingerprint density at radius 3 is 2.65 bits per heavy atom. The van der Waals surface area contributed by atoms with Crippen LogP contribution >= 0.6 is 22.6 Å². The Morgan fingerprint density at radius 2 is 2.12 bits per heavy atom. The highest BCUT2D eigenvalue weighted by Gasteiger charge is 2.20. The molecule has 0 saturated carbocycles. The van der Waals surface area contributed by atoms with Gasteiger partial charge in [-0.3, -0.25) is 9.69 Å². The van der Waals surface area contributed by atoms with E-state index in [1.54, 1.807) is 22.6 Å². The molecule has 0 aliphatic carbocycles. The van der Waals surface area contributed by atoms with Crippen molar-refractivity contribution in [2.75, 3.05) is 7.05 Å². The van der Waals surface area contributed by atoms with Gasteiger partial charge in [-0.25, -0.2) is 8.78 Å². The second-order valence-electron chi connectivity index (χ2n) is 3.75. The molecule has 1 aromatic carbocycles. The molecule has 6 heteroatoms. The average Bonchev–Trinajstić information content (AvgIpc) is 2.28. The lowest BCUT2D eigenvalue weighted by Crippen LogP contribution is -2.35. The van der Waals surface area contributed by atoms with Gasteiger partial charge in [-0.1, -0.05) is 0 Å². The first-order chi connectivity index (χ1) is 7.84. The maximum absolute atomic E-state index is 13.7. The zero-order valence-corrected chi connectivity index (χ0v) is 11.5. The standard InChI is InChI=1S/C11H12F2INO2/c1-6(11(16)17)15(2)5-7-8(12)3-4-9(14)10(7)13/h3-4,6H,5H2,1-2H3,(H,16,17). The zero-order valence-electron chi connectivity index (χ0n) is 9.38. The lowest BCUT2D eigenvalue weighted by molar-refractivity contribution is -0.142. The molecule has 1 aromatic rings. The summed E-state index contributed by atoms with van der Waals surface area (Å²) in [5, 5.41) is 8.79. The maximum Gasteiger partial charge on any atom is 0.320 e. The summed E-state index contributed by atoms with van der Waals surface area (Å²) in [7, 11) is 1.51. The number of likely N-dealkylation sites (N-methyl/N-ethyl adjacent to an activating group) is 1. The van der Waals surface area contributed by atoms with Gasteiger partial charge in [0, 0.05) is 15.7 Å². The second kappa shape index (κ2) is 5.72. The zero-order chi connectivity index (χ0) is 13.2. The number of nitrogens with zero attached hydrogens (tertiary/aromatic N) is 1. The number of halogens is 3. The predicted molar refractivity (Wildman–Crippen MR) is 67.6 cm³/mol. The fourth-order valence-electron chi connectivity index (χ4n) is 1.29. The third-order valence-electron chi connectivity index (χ3n) is 2.56. The monoisotopic (exact) mass is 355 g/mol. The summed E-state index contributed by atoms with van der Waals surface area (Å²) in [6.45, 7) is 1.38. The number of carboxylic acids is 1. The van der Waals surface area contributed by atoms with Gasteiger partial charge < -0.3 is 5.11 Å². The van der Waals surface area contributed by atoms with E-state index in [2.05, 4.69) is 0 Å². The van der Waals surface area contributed by atoms with Crippen molar-refractivity contribution in [1.82, 2.24) is 4.90 Å². The number of benzene rings is 1. The van der Waals surface area contributed by atoms with Gasteiger partial charge in [-0.2, -0.15) is 0 Å². The van der Waals surface area contributed by atoms with Crippen LogP contribution in [0.4, 0.5) is 8.78 Å². The third kappa shape index (κ3) is 3.35. The number of aliphatic carboxylic acids is 1. The summed E-state index contributed by atoms with van der Waals surface area (Å²) in [4.78, 5) is 12.1. The number of hydrogen-bond donors (Lipinski definition) is 1. The normalized spacial score (nSPS) is 12.8. The highest BCUT2D eigenvalue weighted by Crippen LogP contribution is 2.20. The van der Waals surface area contributed by atoms with Gasteiger partial charge in [0.2, 0.25) is 0 Å². The molecule has 0 aromatic heterocycles. The number of carboxylic acid groups (broad SMARTS) is 1. The molecular weight excluding hydrogens is 343 g/mol. The van der Waals surface area contributed by atoms with Crippen LogP contribution in [0.3, 0.4) is 0 Å². The molecule has 0 radical (unpaired) electrons. The first-order valence-corrected chi connectivity index (χ1v) is 5.98. The van der Waals surface area contributed by atoms with Crippen molar-refractivity contribution >= 4 is 28.6 Å². The molecule has 0 bridgehead atoms. The van der Waals surface area contributed by atoms with E-state index in [9.17, 15) is 13.6 Å². The quantitative estimate of drug-likeness (QED) is 0.667. The lowest BCUT2D eigenvalue weighted by Gasteiger charge is -2.21. The summed E-state index contributed by atoms with van der Waals surface area (Å²) in [5.41, 5.74) is -0.104. The third-order valence-corrected chi connectivity index (χ3v) is 3.40. The number of hydrogen-bond acceptors (Lipinski definition) is 2. The Bertz CT molecular complexity index is 440. The summed E-state index contributed by atoms with van der Waals surface area (Å²) in [6, 6.07) is 1.72. The fraction of sp³-hybridized carbons (Fsp3) is 0.364. The summed E-state index contributed by atoms with van der Waals surface area (Å²) >= 11 is 1.77. The van der Waals surface area contributed by atoms with Gasteiger partial charge in [0.1, 0.15) is 17.7 Å². The fourth-order valence-corrected chi connectivity index (χ4v) is 1.79. The van der Waals surface area contributed by atoms with Crippen LogP contribution in [0.2, 0.25) is 0 Å². The SMILES string of the molecule is CC(C(=O)O)N(C)Cc1c(F)ccc(I)c1F. The maximum atomic E-state index is 13.7. The van der Waals surface area contributed by atoms with Gasteiger partial charge in [0.15, 0.2) is 0 Å². The molecule has 1 N–H and O–H groups in total. The molecule has 0 saturated heterocycles. The molecule has 1 rings (SSSR count). The highest BCUT2D eigenvalue weighted by atomic mass is 127. The van der Waals surface area contributed by atoms with Crippen LogP contribution < -0.4 is 0 Å². The second-order valence-corrected chi connectivity index (χ2v) is 4.91. The van der Waals surface area contributed by atoms with Crippen molar-refractivity contribution in [3.05, 3.63) is 32.9 Å². The van der Waals surface area contributed by atoms with Gasteiger partial charge in [0.05, 0.1) is 0 Å². The van der Waals surface area contributed by atoms with E-state index >= 15 is 0 Å². The van der Waals surface area contributed by atoms with Crippen molar-refractivity contribution in [1.29, 1.82) is 0 Å². The molecule has 0 amide bonds. The lowest BCUT2D eigenvalue weighted by atomic mass is 10.1. The van der Waals surface area contributed by atoms with E-state index in [4.69, 9.17) is 5.11 Å². The molecule has 0 heterocycles. The van der Waals surface area contributed by atoms with Crippen LogP contribution in [0.15, 0.2) is 12.1 Å². The average molecular weight is 355 g/mol. The molecular formula is C11H12F2INO2. The molecule has 3 nitrogen and oxygen atoms in total. The summed E-state index contributed by atoms with van der Waals surface area (Å²) in [5.74, 6) is -2.32. The molecule has 0 aliphatic rings. The van der Waals surface area contributed by atoms with Crippen LogP contribution in [-0.2, 0) is 11.3 Å². The smallest absolute Gasteiger partial charge is 0.320 e. The first-order valence-electron chi connectivity index (χ1n) is 4.90. The first kappa shape index (κ1) is 14.3. The summed E-state index contributed by atoms with van der Waals surface area (Å²) in [6.07, 6.45) is 0. The molecule has 0 spiro atoms. The van der Waals surface area contributed by atoms with E-state index in [0.29, 0.717) is 3.57 Å². The molecule has 17 heavy (non-hydrogen) atoms. The minimum absolute atomic E-state index is 0.0814. The van der Waals surface area contributed by atoms with Crippen molar-refractivity contribution < 1.29 is 18.7 Å². The topological polar surface area (TPSA) is 40.5 Å². The minimum atomic E-state index is -1.03. The van der Waals surface area contributed by atoms with Crippen molar-refractivity contribution in [2.24, 2.45) is 0 Å². The Hall–Kier alpha value is -0.760. The minimum Gasteiger partial charge on any atom is -0.480 e. The number of rotatable bonds is 4. The molecule has 0 aliphatic heterocycles. The molecule has 1 atom stereocenters. The van der Waals surface area contributed by atoms with Crippen LogP contribution in [0.5, 0.6) is 0 Å². The van der Waals surface area contributed by atoms with Crippen LogP contribution in [0, 0.1) is 15.2 Å². The van der Waals surface area contributed by atoms with Crippen molar-refractivity contribution in [3.8, 4) is 0 Å². The van der Waals surface area contributed by atoms with Crippen LogP contribution in [0.1, 0.15) is 12.5 Å². The number of carbonyl (C=O) groups is 1. The largest absolute Gasteiger partial charge is 0.480 e.